The number of carbonyl (C=O) groups excluding carboxylic acids is 2. The lowest BCUT2D eigenvalue weighted by Crippen LogP contribution is -2.30. The van der Waals surface area contributed by atoms with E-state index in [-0.39, 0.29) is 11.8 Å². The molecule has 0 spiro atoms. The number of nitrogens with zero attached hydrogens (tertiary/aromatic N) is 2. The van der Waals surface area contributed by atoms with Gasteiger partial charge in [0.25, 0.3) is 0 Å². The third kappa shape index (κ3) is 5.08. The summed E-state index contributed by atoms with van der Waals surface area (Å²) in [4.78, 5) is 25.8. The minimum atomic E-state index is -0.0420. The fourth-order valence-corrected chi connectivity index (χ4v) is 3.07. The van der Waals surface area contributed by atoms with Crippen molar-refractivity contribution in [3.05, 3.63) is 30.5 Å². The average Bonchev–Trinajstić information content (AvgIpc) is 2.98. The SMILES string of the molecule is CCCn1ccc2cc(NC(=O)CCCC(=O)N(CC)CC)ccc21. The van der Waals surface area contributed by atoms with E-state index in [1.54, 1.807) is 4.90 Å². The van der Waals surface area contributed by atoms with Crippen molar-refractivity contribution in [3.63, 3.8) is 0 Å². The summed E-state index contributed by atoms with van der Waals surface area (Å²) in [7, 11) is 0. The standard InChI is InChI=1S/C20H29N3O2/c1-4-13-23-14-12-16-15-17(10-11-18(16)23)21-19(24)8-7-9-20(25)22(5-2)6-3/h10-12,14-15H,4-9,13H2,1-3H3,(H,21,24). The van der Waals surface area contributed by atoms with E-state index in [0.29, 0.717) is 19.3 Å². The van der Waals surface area contributed by atoms with Crippen LogP contribution in [0.3, 0.4) is 0 Å². The summed E-state index contributed by atoms with van der Waals surface area (Å²) in [6.45, 7) is 8.54. The van der Waals surface area contributed by atoms with Gasteiger partial charge in [0.15, 0.2) is 0 Å². The Hall–Kier alpha value is -2.30. The monoisotopic (exact) mass is 343 g/mol. The zero-order valence-electron chi connectivity index (χ0n) is 15.5. The maximum atomic E-state index is 12.1. The summed E-state index contributed by atoms with van der Waals surface area (Å²) < 4.78 is 2.22. The summed E-state index contributed by atoms with van der Waals surface area (Å²) in [6.07, 6.45) is 4.54. The fraction of sp³-hybridized carbons (Fsp3) is 0.500. The molecule has 0 aliphatic rings. The van der Waals surface area contributed by atoms with Crippen molar-refractivity contribution in [2.24, 2.45) is 0 Å². The van der Waals surface area contributed by atoms with Gasteiger partial charge >= 0.3 is 0 Å². The lowest BCUT2D eigenvalue weighted by atomic mass is 10.2. The lowest BCUT2D eigenvalue weighted by molar-refractivity contribution is -0.130. The van der Waals surface area contributed by atoms with Crippen LogP contribution in [0.4, 0.5) is 5.69 Å². The number of nitrogens with one attached hydrogen (secondary N) is 1. The van der Waals surface area contributed by atoms with Crippen molar-refractivity contribution in [3.8, 4) is 0 Å². The highest BCUT2D eigenvalue weighted by Crippen LogP contribution is 2.21. The number of anilines is 1. The Bertz CT molecular complexity index is 717. The second kappa shape index (κ2) is 9.25. The Morgan fingerprint density at radius 1 is 1.08 bits per heavy atom. The first-order valence-electron chi connectivity index (χ1n) is 9.25. The number of fused-ring (bicyclic) bond motifs is 1. The normalized spacial score (nSPS) is 10.8. The van der Waals surface area contributed by atoms with Gasteiger partial charge in [-0.1, -0.05) is 6.92 Å². The van der Waals surface area contributed by atoms with Crippen LogP contribution in [0.1, 0.15) is 46.5 Å². The molecule has 2 aromatic rings. The Morgan fingerprint density at radius 3 is 2.52 bits per heavy atom. The maximum Gasteiger partial charge on any atom is 0.224 e. The first-order chi connectivity index (χ1) is 12.1. The van der Waals surface area contributed by atoms with Crippen molar-refractivity contribution in [1.29, 1.82) is 0 Å². The van der Waals surface area contributed by atoms with Crippen LogP contribution in [0.25, 0.3) is 10.9 Å². The third-order valence-corrected chi connectivity index (χ3v) is 4.43. The number of aromatic nitrogens is 1. The molecule has 5 nitrogen and oxygen atoms in total. The highest BCUT2D eigenvalue weighted by Gasteiger charge is 2.11. The summed E-state index contributed by atoms with van der Waals surface area (Å²) in [6, 6.07) is 8.06. The van der Waals surface area contributed by atoms with Crippen LogP contribution < -0.4 is 5.32 Å². The predicted molar refractivity (Wildman–Crippen MR) is 103 cm³/mol. The second-order valence-electron chi connectivity index (χ2n) is 6.25. The molecule has 0 aliphatic carbocycles. The minimum Gasteiger partial charge on any atom is -0.347 e. The quantitative estimate of drug-likeness (QED) is 0.747. The molecular formula is C20H29N3O2. The van der Waals surface area contributed by atoms with Crippen LogP contribution in [0, 0.1) is 0 Å². The van der Waals surface area contributed by atoms with E-state index in [1.165, 1.54) is 5.52 Å². The van der Waals surface area contributed by atoms with Gasteiger partial charge in [0, 0.05) is 55.3 Å². The Labute approximate surface area is 150 Å². The van der Waals surface area contributed by atoms with Crippen LogP contribution in [0.2, 0.25) is 0 Å². The topological polar surface area (TPSA) is 54.3 Å². The van der Waals surface area contributed by atoms with Gasteiger partial charge in [-0.2, -0.15) is 0 Å². The largest absolute Gasteiger partial charge is 0.347 e. The molecule has 0 saturated heterocycles. The number of amides is 2. The lowest BCUT2D eigenvalue weighted by Gasteiger charge is -2.18. The molecule has 5 heteroatoms. The zero-order chi connectivity index (χ0) is 18.2. The van der Waals surface area contributed by atoms with E-state index in [9.17, 15) is 9.59 Å². The first-order valence-corrected chi connectivity index (χ1v) is 9.25. The van der Waals surface area contributed by atoms with Gasteiger partial charge in [0.1, 0.15) is 0 Å². The molecule has 0 atom stereocenters. The molecular weight excluding hydrogens is 314 g/mol. The molecule has 1 heterocycles. The first kappa shape index (κ1) is 19.0. The van der Waals surface area contributed by atoms with Crippen LogP contribution in [-0.4, -0.2) is 34.4 Å². The Morgan fingerprint density at radius 2 is 1.84 bits per heavy atom. The number of rotatable bonds is 9. The number of hydrogen-bond donors (Lipinski definition) is 1. The Kier molecular flexibility index (Phi) is 7.04. The van der Waals surface area contributed by atoms with Gasteiger partial charge < -0.3 is 14.8 Å². The van der Waals surface area contributed by atoms with Crippen LogP contribution in [0.15, 0.2) is 30.5 Å². The van der Waals surface area contributed by atoms with Gasteiger partial charge in [-0.25, -0.2) is 0 Å². The number of aryl methyl sites for hydroxylation is 1. The van der Waals surface area contributed by atoms with Crippen molar-refractivity contribution < 1.29 is 9.59 Å². The summed E-state index contributed by atoms with van der Waals surface area (Å²) >= 11 is 0. The van der Waals surface area contributed by atoms with Crippen LogP contribution in [-0.2, 0) is 16.1 Å². The fourth-order valence-electron chi connectivity index (χ4n) is 3.07. The summed E-state index contributed by atoms with van der Waals surface area (Å²) in [5, 5.41) is 4.06. The van der Waals surface area contributed by atoms with E-state index in [0.717, 1.165) is 37.1 Å². The summed E-state index contributed by atoms with van der Waals surface area (Å²) in [5.41, 5.74) is 1.99. The smallest absolute Gasteiger partial charge is 0.224 e. The van der Waals surface area contributed by atoms with E-state index < -0.39 is 0 Å². The molecule has 0 fully saturated rings. The molecule has 0 unspecified atom stereocenters. The van der Waals surface area contributed by atoms with Crippen molar-refractivity contribution in [2.75, 3.05) is 18.4 Å². The van der Waals surface area contributed by atoms with Gasteiger partial charge in [-0.3, -0.25) is 9.59 Å². The molecule has 25 heavy (non-hydrogen) atoms. The molecule has 0 saturated carbocycles. The van der Waals surface area contributed by atoms with Crippen LogP contribution >= 0.6 is 0 Å². The van der Waals surface area contributed by atoms with E-state index >= 15 is 0 Å². The molecule has 1 aromatic heterocycles. The van der Waals surface area contributed by atoms with Gasteiger partial charge in [-0.15, -0.1) is 0 Å². The highest BCUT2D eigenvalue weighted by atomic mass is 16.2. The minimum absolute atomic E-state index is 0.0420. The molecule has 0 aliphatic heterocycles. The van der Waals surface area contributed by atoms with E-state index in [1.807, 2.05) is 32.0 Å². The number of hydrogen-bond acceptors (Lipinski definition) is 2. The maximum absolute atomic E-state index is 12.1. The third-order valence-electron chi connectivity index (χ3n) is 4.43. The van der Waals surface area contributed by atoms with E-state index in [4.69, 9.17) is 0 Å². The van der Waals surface area contributed by atoms with E-state index in [2.05, 4.69) is 29.1 Å². The van der Waals surface area contributed by atoms with Gasteiger partial charge in [0.2, 0.25) is 11.8 Å². The van der Waals surface area contributed by atoms with Gasteiger partial charge in [0.05, 0.1) is 0 Å². The summed E-state index contributed by atoms with van der Waals surface area (Å²) in [5.74, 6) is 0.0798. The highest BCUT2D eigenvalue weighted by molar-refractivity contribution is 5.94. The number of carbonyl (C=O) groups is 2. The molecule has 1 N–H and O–H groups in total. The average molecular weight is 343 g/mol. The van der Waals surface area contributed by atoms with Crippen molar-refractivity contribution in [2.45, 2.75) is 53.0 Å². The van der Waals surface area contributed by atoms with Crippen molar-refractivity contribution >= 4 is 28.4 Å². The Balaban J connectivity index is 1.86. The van der Waals surface area contributed by atoms with Gasteiger partial charge in [-0.05, 0) is 51.0 Å². The molecule has 0 bridgehead atoms. The number of benzene rings is 1. The molecule has 2 amide bonds. The molecule has 136 valence electrons. The molecule has 1 aromatic carbocycles. The predicted octanol–water partition coefficient (Wildman–Crippen LogP) is 4.03. The second-order valence-corrected chi connectivity index (χ2v) is 6.25. The zero-order valence-corrected chi connectivity index (χ0v) is 15.5. The molecule has 2 rings (SSSR count). The van der Waals surface area contributed by atoms with Crippen LogP contribution in [0.5, 0.6) is 0 Å². The molecule has 0 radical (unpaired) electrons. The van der Waals surface area contributed by atoms with Crippen molar-refractivity contribution in [1.82, 2.24) is 9.47 Å².